The fourth-order valence-electron chi connectivity index (χ4n) is 2.04. The zero-order chi connectivity index (χ0) is 12.1. The van der Waals surface area contributed by atoms with Gasteiger partial charge in [-0.3, -0.25) is 4.68 Å². The van der Waals surface area contributed by atoms with Crippen LogP contribution in [-0.2, 0) is 17.8 Å². The number of nitrogens with one attached hydrogen (secondary N) is 1. The Morgan fingerprint density at radius 2 is 2.29 bits per heavy atom. The maximum atomic E-state index is 10.2. The Labute approximate surface area is 102 Å². The van der Waals surface area contributed by atoms with Crippen molar-refractivity contribution < 1.29 is 9.84 Å². The van der Waals surface area contributed by atoms with Crippen molar-refractivity contribution >= 4 is 0 Å². The molecule has 1 aliphatic heterocycles. The summed E-state index contributed by atoms with van der Waals surface area (Å²) in [5, 5.41) is 17.7. The fraction of sp³-hybridized carbons (Fsp3) is 0.750. The fourth-order valence-corrected chi connectivity index (χ4v) is 2.04. The number of aliphatic hydroxyl groups is 1. The molecule has 5 nitrogen and oxygen atoms in total. The van der Waals surface area contributed by atoms with Gasteiger partial charge < -0.3 is 15.2 Å². The molecule has 0 spiro atoms. The molecule has 0 aliphatic carbocycles. The van der Waals surface area contributed by atoms with E-state index >= 15 is 0 Å². The lowest BCUT2D eigenvalue weighted by Crippen LogP contribution is -2.44. The highest BCUT2D eigenvalue weighted by Gasteiger charge is 2.28. The van der Waals surface area contributed by atoms with Gasteiger partial charge in [0.15, 0.2) is 0 Å². The highest BCUT2D eigenvalue weighted by molar-refractivity contribution is 5.03. The van der Waals surface area contributed by atoms with Crippen LogP contribution >= 0.6 is 0 Å². The van der Waals surface area contributed by atoms with Crippen molar-refractivity contribution in [1.29, 1.82) is 0 Å². The molecule has 0 atom stereocenters. The highest BCUT2D eigenvalue weighted by Crippen LogP contribution is 2.19. The quantitative estimate of drug-likeness (QED) is 0.787. The van der Waals surface area contributed by atoms with Gasteiger partial charge in [-0.15, -0.1) is 0 Å². The molecule has 0 saturated carbocycles. The summed E-state index contributed by atoms with van der Waals surface area (Å²) in [4.78, 5) is 0. The van der Waals surface area contributed by atoms with Crippen molar-refractivity contribution in [2.45, 2.75) is 38.5 Å². The summed E-state index contributed by atoms with van der Waals surface area (Å²) < 4.78 is 7.15. The molecule has 0 aromatic carbocycles. The van der Waals surface area contributed by atoms with Crippen LogP contribution in [0, 0.1) is 0 Å². The Balaban J connectivity index is 1.74. The predicted octanol–water partition coefficient (Wildman–Crippen LogP) is 0.534. The molecule has 0 amide bonds. The van der Waals surface area contributed by atoms with E-state index in [1.165, 1.54) is 0 Å². The molecule has 0 bridgehead atoms. The van der Waals surface area contributed by atoms with Gasteiger partial charge in [0.05, 0.1) is 11.8 Å². The molecule has 1 aliphatic rings. The number of aryl methyl sites for hydroxylation is 1. The molecular weight excluding hydrogens is 218 g/mol. The van der Waals surface area contributed by atoms with Crippen LogP contribution in [-0.4, -0.2) is 40.2 Å². The number of nitrogens with zero attached hydrogens (tertiary/aromatic N) is 2. The summed E-state index contributed by atoms with van der Waals surface area (Å²) in [5.41, 5.74) is 0.557. The summed E-state index contributed by atoms with van der Waals surface area (Å²) >= 11 is 0. The first-order valence-corrected chi connectivity index (χ1v) is 6.24. The van der Waals surface area contributed by atoms with Gasteiger partial charge in [0.2, 0.25) is 0 Å². The number of ether oxygens (including phenoxy) is 1. The van der Waals surface area contributed by atoms with E-state index in [1.807, 2.05) is 17.1 Å². The summed E-state index contributed by atoms with van der Waals surface area (Å²) in [6.45, 7) is 5.64. The summed E-state index contributed by atoms with van der Waals surface area (Å²) in [6.07, 6.45) is 5.33. The van der Waals surface area contributed by atoms with Gasteiger partial charge in [-0.1, -0.05) is 0 Å². The first-order valence-electron chi connectivity index (χ1n) is 6.24. The second kappa shape index (κ2) is 5.62. The number of hydrogen-bond acceptors (Lipinski definition) is 4. The minimum atomic E-state index is -0.598. The Kier molecular flexibility index (Phi) is 4.15. The molecule has 17 heavy (non-hydrogen) atoms. The number of hydrogen-bond donors (Lipinski definition) is 2. The second-order valence-corrected chi connectivity index (χ2v) is 4.64. The third-order valence-corrected chi connectivity index (χ3v) is 3.22. The van der Waals surface area contributed by atoms with Crippen LogP contribution in [0.2, 0.25) is 0 Å². The third-order valence-electron chi connectivity index (χ3n) is 3.22. The first kappa shape index (κ1) is 12.5. The summed E-state index contributed by atoms with van der Waals surface area (Å²) in [6, 6.07) is 0. The van der Waals surface area contributed by atoms with Crippen molar-refractivity contribution in [3.8, 4) is 0 Å². The van der Waals surface area contributed by atoms with Gasteiger partial charge >= 0.3 is 0 Å². The molecule has 0 radical (unpaired) electrons. The topological polar surface area (TPSA) is 59.3 Å². The zero-order valence-electron chi connectivity index (χ0n) is 10.4. The third kappa shape index (κ3) is 3.52. The Morgan fingerprint density at radius 3 is 2.94 bits per heavy atom. The van der Waals surface area contributed by atoms with E-state index in [-0.39, 0.29) is 0 Å². The molecule has 1 fully saturated rings. The van der Waals surface area contributed by atoms with Gasteiger partial charge in [-0.05, 0) is 6.92 Å². The lowest BCUT2D eigenvalue weighted by atomic mass is 9.94. The largest absolute Gasteiger partial charge is 0.388 e. The van der Waals surface area contributed by atoms with Crippen LogP contribution in [0.25, 0.3) is 0 Å². The maximum Gasteiger partial charge on any atom is 0.0815 e. The van der Waals surface area contributed by atoms with E-state index in [4.69, 9.17) is 4.74 Å². The molecule has 1 aromatic rings. The van der Waals surface area contributed by atoms with Crippen LogP contribution in [0.1, 0.15) is 25.3 Å². The van der Waals surface area contributed by atoms with Crippen molar-refractivity contribution in [3.63, 3.8) is 0 Å². The van der Waals surface area contributed by atoms with Gasteiger partial charge in [0.25, 0.3) is 0 Å². The van der Waals surface area contributed by atoms with E-state index in [9.17, 15) is 5.11 Å². The van der Waals surface area contributed by atoms with E-state index in [0.717, 1.165) is 18.7 Å². The lowest BCUT2D eigenvalue weighted by Gasteiger charge is -2.32. The standard InChI is InChI=1S/C12H21N3O2/c1-2-15-9-11(8-14-15)7-13-10-12(16)3-5-17-6-4-12/h8-9,13,16H,2-7,10H2,1H3. The molecule has 1 aromatic heterocycles. The minimum Gasteiger partial charge on any atom is -0.388 e. The van der Waals surface area contributed by atoms with Crippen LogP contribution < -0.4 is 5.32 Å². The average Bonchev–Trinajstić information content (AvgIpc) is 2.78. The zero-order valence-corrected chi connectivity index (χ0v) is 10.4. The van der Waals surface area contributed by atoms with Crippen molar-refractivity contribution in [2.75, 3.05) is 19.8 Å². The van der Waals surface area contributed by atoms with E-state index in [0.29, 0.717) is 32.6 Å². The van der Waals surface area contributed by atoms with Crippen molar-refractivity contribution in [2.24, 2.45) is 0 Å². The van der Waals surface area contributed by atoms with Gasteiger partial charge in [0.1, 0.15) is 0 Å². The normalized spacial score (nSPS) is 19.4. The maximum absolute atomic E-state index is 10.2. The SMILES string of the molecule is CCn1cc(CNCC2(O)CCOCC2)cn1. The summed E-state index contributed by atoms with van der Waals surface area (Å²) in [5.74, 6) is 0. The van der Waals surface area contributed by atoms with E-state index in [2.05, 4.69) is 17.3 Å². The van der Waals surface area contributed by atoms with E-state index in [1.54, 1.807) is 0 Å². The molecule has 96 valence electrons. The summed E-state index contributed by atoms with van der Waals surface area (Å²) in [7, 11) is 0. The van der Waals surface area contributed by atoms with E-state index < -0.39 is 5.60 Å². The van der Waals surface area contributed by atoms with Crippen LogP contribution in [0.3, 0.4) is 0 Å². The Hall–Kier alpha value is -0.910. The predicted molar refractivity (Wildman–Crippen MR) is 64.6 cm³/mol. The van der Waals surface area contributed by atoms with Gasteiger partial charge in [0, 0.05) is 57.4 Å². The Morgan fingerprint density at radius 1 is 1.53 bits per heavy atom. The second-order valence-electron chi connectivity index (χ2n) is 4.64. The van der Waals surface area contributed by atoms with Gasteiger partial charge in [-0.25, -0.2) is 0 Å². The molecule has 2 heterocycles. The lowest BCUT2D eigenvalue weighted by molar-refractivity contribution is -0.0617. The minimum absolute atomic E-state index is 0.598. The number of aromatic nitrogens is 2. The average molecular weight is 239 g/mol. The van der Waals surface area contributed by atoms with Crippen LogP contribution in [0.15, 0.2) is 12.4 Å². The van der Waals surface area contributed by atoms with Crippen LogP contribution in [0.5, 0.6) is 0 Å². The van der Waals surface area contributed by atoms with Gasteiger partial charge in [-0.2, -0.15) is 5.10 Å². The molecule has 5 heteroatoms. The van der Waals surface area contributed by atoms with Crippen LogP contribution in [0.4, 0.5) is 0 Å². The smallest absolute Gasteiger partial charge is 0.0815 e. The van der Waals surface area contributed by atoms with Crippen molar-refractivity contribution in [1.82, 2.24) is 15.1 Å². The monoisotopic (exact) mass is 239 g/mol. The molecular formula is C12H21N3O2. The molecule has 0 unspecified atom stereocenters. The molecule has 2 N–H and O–H groups in total. The Bertz CT molecular complexity index is 345. The molecule has 2 rings (SSSR count). The van der Waals surface area contributed by atoms with Crippen molar-refractivity contribution in [3.05, 3.63) is 18.0 Å². The first-order chi connectivity index (χ1) is 8.22. The highest BCUT2D eigenvalue weighted by atomic mass is 16.5. The number of rotatable bonds is 5. The molecule has 1 saturated heterocycles.